The third-order valence-corrected chi connectivity index (χ3v) is 5.89. The van der Waals surface area contributed by atoms with Crippen molar-refractivity contribution >= 4 is 22.7 Å². The van der Waals surface area contributed by atoms with Crippen LogP contribution in [0.15, 0.2) is 29.2 Å². The Bertz CT molecular complexity index is 959. The molecule has 0 aliphatic heterocycles. The topological polar surface area (TPSA) is 59.4 Å². The molecule has 0 amide bonds. The first-order valence-electron chi connectivity index (χ1n) is 7.20. The minimum absolute atomic E-state index is 0.732. The van der Waals surface area contributed by atoms with Crippen LogP contribution in [0.4, 0.5) is 0 Å². The Morgan fingerprint density at radius 3 is 2.74 bits per heavy atom. The van der Waals surface area contributed by atoms with Crippen molar-refractivity contribution in [1.29, 1.82) is 0 Å². The van der Waals surface area contributed by atoms with Gasteiger partial charge in [0.1, 0.15) is 11.3 Å². The number of hydrogen-bond acceptors (Lipinski definition) is 5. The molecule has 7 heteroatoms. The molecule has 4 rings (SSSR count). The quantitative estimate of drug-likeness (QED) is 0.602. The lowest BCUT2D eigenvalue weighted by Crippen LogP contribution is -2.01. The number of nitrogens with one attached hydrogen (secondary N) is 1. The van der Waals surface area contributed by atoms with E-state index in [0.717, 1.165) is 33.6 Å². The third-order valence-electron chi connectivity index (χ3n) is 3.88. The van der Waals surface area contributed by atoms with E-state index in [4.69, 9.17) is 4.98 Å². The molecule has 0 fully saturated rings. The predicted molar refractivity (Wildman–Crippen MR) is 94.3 cm³/mol. The number of hydrogen-bond donors (Lipinski definition) is 1. The Morgan fingerprint density at radius 1 is 1.17 bits per heavy atom. The summed E-state index contributed by atoms with van der Waals surface area (Å²) in [7, 11) is 0. The predicted octanol–water partition coefficient (Wildman–Crippen LogP) is 4.37. The normalized spacial score (nSPS) is 11.3. The van der Waals surface area contributed by atoms with Crippen molar-refractivity contribution in [2.75, 3.05) is 0 Å². The first-order valence-corrected chi connectivity index (χ1v) is 8.96. The van der Waals surface area contributed by atoms with Gasteiger partial charge in [-0.25, -0.2) is 10.1 Å². The van der Waals surface area contributed by atoms with E-state index in [1.54, 1.807) is 22.7 Å². The van der Waals surface area contributed by atoms with Crippen molar-refractivity contribution in [3.05, 3.63) is 46.2 Å². The second-order valence-electron chi connectivity index (χ2n) is 5.40. The van der Waals surface area contributed by atoms with Crippen molar-refractivity contribution in [1.82, 2.24) is 24.7 Å². The van der Waals surface area contributed by atoms with Crippen LogP contribution in [0.2, 0.25) is 0 Å². The van der Waals surface area contributed by atoms with Crippen molar-refractivity contribution in [3.8, 4) is 27.1 Å². The van der Waals surface area contributed by atoms with Crippen LogP contribution in [-0.4, -0.2) is 24.7 Å². The largest absolute Gasteiger partial charge is 0.287 e. The highest BCUT2D eigenvalue weighted by atomic mass is 32.1. The lowest BCUT2D eigenvalue weighted by Gasteiger charge is -2.04. The van der Waals surface area contributed by atoms with Crippen LogP contribution < -0.4 is 0 Å². The molecule has 5 nitrogen and oxygen atoms in total. The van der Waals surface area contributed by atoms with Gasteiger partial charge in [-0.1, -0.05) is 0 Å². The van der Waals surface area contributed by atoms with Crippen LogP contribution in [0, 0.1) is 20.8 Å². The summed E-state index contributed by atoms with van der Waals surface area (Å²) in [5.41, 5.74) is 5.64. The number of aryl methyl sites for hydroxylation is 2. The molecule has 0 unspecified atom stereocenters. The number of nitrogens with zero attached hydrogens (tertiary/aromatic N) is 4. The van der Waals surface area contributed by atoms with Crippen molar-refractivity contribution in [2.45, 2.75) is 20.8 Å². The van der Waals surface area contributed by atoms with E-state index >= 15 is 0 Å². The van der Waals surface area contributed by atoms with Gasteiger partial charge in [-0.05, 0) is 43.8 Å². The molecular weight excluding hydrogens is 326 g/mol. The molecule has 0 aromatic carbocycles. The number of rotatable bonds is 3. The second kappa shape index (κ2) is 5.43. The van der Waals surface area contributed by atoms with E-state index in [1.165, 1.54) is 16.8 Å². The molecule has 0 atom stereocenters. The molecule has 4 heterocycles. The number of aromatic nitrogens is 5. The van der Waals surface area contributed by atoms with Crippen molar-refractivity contribution in [2.24, 2.45) is 0 Å². The van der Waals surface area contributed by atoms with Crippen molar-refractivity contribution in [3.63, 3.8) is 0 Å². The summed E-state index contributed by atoms with van der Waals surface area (Å²) < 4.78 is 2.07. The highest BCUT2D eigenvalue weighted by molar-refractivity contribution is 7.20. The summed E-state index contributed by atoms with van der Waals surface area (Å²) in [4.78, 5) is 10.4. The molecule has 0 radical (unpaired) electrons. The van der Waals surface area contributed by atoms with Crippen LogP contribution in [0.1, 0.15) is 17.0 Å². The zero-order valence-electron chi connectivity index (χ0n) is 13.0. The zero-order valence-corrected chi connectivity index (χ0v) is 14.6. The van der Waals surface area contributed by atoms with Gasteiger partial charge >= 0.3 is 0 Å². The summed E-state index contributed by atoms with van der Waals surface area (Å²) in [5.74, 6) is 0.732. The molecule has 23 heavy (non-hydrogen) atoms. The fourth-order valence-corrected chi connectivity index (χ4v) is 4.67. The minimum atomic E-state index is 0.732. The maximum atomic E-state index is 4.85. The Balaban J connectivity index is 1.79. The van der Waals surface area contributed by atoms with Crippen LogP contribution in [-0.2, 0) is 0 Å². The fourth-order valence-electron chi connectivity index (χ4n) is 2.75. The maximum Gasteiger partial charge on any atom is 0.229 e. The number of thiazole rings is 1. The summed E-state index contributed by atoms with van der Waals surface area (Å²) in [5, 5.41) is 12.2. The van der Waals surface area contributed by atoms with Gasteiger partial charge in [0.05, 0.1) is 10.6 Å². The third kappa shape index (κ3) is 2.32. The Hall–Kier alpha value is -2.25. The Morgan fingerprint density at radius 2 is 2.04 bits per heavy atom. The molecule has 0 spiro atoms. The van der Waals surface area contributed by atoms with Gasteiger partial charge < -0.3 is 0 Å². The van der Waals surface area contributed by atoms with Gasteiger partial charge in [0.15, 0.2) is 0 Å². The van der Waals surface area contributed by atoms with Gasteiger partial charge in [0.2, 0.25) is 5.95 Å². The first kappa shape index (κ1) is 14.3. The highest BCUT2D eigenvalue weighted by Crippen LogP contribution is 2.36. The van der Waals surface area contributed by atoms with E-state index in [1.807, 2.05) is 0 Å². The van der Waals surface area contributed by atoms with Gasteiger partial charge in [-0.2, -0.15) is 10.1 Å². The van der Waals surface area contributed by atoms with E-state index in [-0.39, 0.29) is 0 Å². The van der Waals surface area contributed by atoms with Crippen LogP contribution >= 0.6 is 22.7 Å². The van der Waals surface area contributed by atoms with E-state index in [0.29, 0.717) is 0 Å². The zero-order chi connectivity index (χ0) is 16.0. The average Bonchev–Trinajstić information content (AvgIpc) is 3.26. The summed E-state index contributed by atoms with van der Waals surface area (Å²) >= 11 is 3.43. The minimum Gasteiger partial charge on any atom is -0.287 e. The standard InChI is InChI=1S/C16H15N5S2/c1-9-4-5-22-14(9)15-19-13(7-23-15)12-6-10(2)21(11(12)3)16-17-8-18-20-16/h4-8H,1-3H3,(H,17,18,20). The molecule has 0 aliphatic carbocycles. The van der Waals surface area contributed by atoms with E-state index in [9.17, 15) is 0 Å². The second-order valence-corrected chi connectivity index (χ2v) is 7.17. The monoisotopic (exact) mass is 341 g/mol. The smallest absolute Gasteiger partial charge is 0.229 e. The van der Waals surface area contributed by atoms with Gasteiger partial charge in [-0.15, -0.1) is 22.7 Å². The molecule has 116 valence electrons. The molecule has 0 saturated carbocycles. The molecule has 0 bridgehead atoms. The first-order chi connectivity index (χ1) is 11.1. The molecule has 0 saturated heterocycles. The van der Waals surface area contributed by atoms with Crippen LogP contribution in [0.3, 0.4) is 0 Å². The van der Waals surface area contributed by atoms with E-state index < -0.39 is 0 Å². The number of thiophene rings is 1. The van der Waals surface area contributed by atoms with E-state index in [2.05, 4.69) is 63.4 Å². The lowest BCUT2D eigenvalue weighted by atomic mass is 10.2. The maximum absolute atomic E-state index is 4.85. The molecular formula is C16H15N5S2. The Kier molecular flexibility index (Phi) is 3.39. The molecule has 4 aromatic rings. The number of aromatic amines is 1. The number of H-pyrrole nitrogens is 1. The molecule has 1 N–H and O–H groups in total. The van der Waals surface area contributed by atoms with Crippen LogP contribution in [0.5, 0.6) is 0 Å². The molecule has 4 aromatic heterocycles. The highest BCUT2D eigenvalue weighted by Gasteiger charge is 2.17. The summed E-state index contributed by atoms with van der Waals surface area (Å²) in [6.07, 6.45) is 1.52. The fraction of sp³-hybridized carbons (Fsp3) is 0.188. The van der Waals surface area contributed by atoms with Gasteiger partial charge in [0.25, 0.3) is 0 Å². The van der Waals surface area contributed by atoms with Crippen LogP contribution in [0.25, 0.3) is 27.1 Å². The van der Waals surface area contributed by atoms with Gasteiger partial charge in [-0.3, -0.25) is 4.57 Å². The van der Waals surface area contributed by atoms with Gasteiger partial charge in [0, 0.05) is 22.3 Å². The average molecular weight is 341 g/mol. The lowest BCUT2D eigenvalue weighted by molar-refractivity contribution is 0.879. The SMILES string of the molecule is Cc1ccsc1-c1nc(-c2cc(C)n(-c3ncn[nH]3)c2C)cs1. The Labute approximate surface area is 141 Å². The summed E-state index contributed by atoms with van der Waals surface area (Å²) in [6, 6.07) is 4.29. The summed E-state index contributed by atoms with van der Waals surface area (Å²) in [6.45, 7) is 6.28. The van der Waals surface area contributed by atoms with Crippen molar-refractivity contribution < 1.29 is 0 Å². The molecule has 0 aliphatic rings.